The van der Waals surface area contributed by atoms with E-state index in [4.69, 9.17) is 0 Å². The van der Waals surface area contributed by atoms with Crippen molar-refractivity contribution in [2.24, 2.45) is 11.8 Å². The molecule has 6 heteroatoms. The number of nitrogens with zero attached hydrogens (tertiary/aromatic N) is 3. The van der Waals surface area contributed by atoms with E-state index in [0.29, 0.717) is 44.6 Å². The fraction of sp³-hybridized carbons (Fsp3) is 0.444. The van der Waals surface area contributed by atoms with Crippen LogP contribution in [0.2, 0.25) is 0 Å². The topological polar surface area (TPSA) is 60.9 Å². The summed E-state index contributed by atoms with van der Waals surface area (Å²) in [4.78, 5) is 43.8. The Labute approximate surface area is 196 Å². The molecule has 2 aromatic carbocycles. The molecule has 0 radical (unpaired) electrons. The monoisotopic (exact) mass is 447 g/mol. The third-order valence-corrected chi connectivity index (χ3v) is 6.88. The number of likely N-dealkylation sites (tertiary alicyclic amines) is 2. The number of hydrogen-bond donors (Lipinski definition) is 0. The molecule has 6 nitrogen and oxygen atoms in total. The van der Waals surface area contributed by atoms with E-state index in [1.54, 1.807) is 19.0 Å². The summed E-state index contributed by atoms with van der Waals surface area (Å²) in [5.41, 5.74) is 2.93. The largest absolute Gasteiger partial charge is 0.342 e. The molecule has 2 fully saturated rings. The molecular formula is C27H33N3O3. The van der Waals surface area contributed by atoms with Crippen LogP contribution < -0.4 is 0 Å². The maximum Gasteiger partial charge on any atom is 0.319 e. The van der Waals surface area contributed by atoms with Gasteiger partial charge in [0.05, 0.1) is 0 Å². The predicted octanol–water partition coefficient (Wildman–Crippen LogP) is 4.17. The number of Topliss-reactive ketones (excluding diaryl/α,β-unsaturated/α-hetero) is 1. The Morgan fingerprint density at radius 3 is 2.03 bits per heavy atom. The summed E-state index contributed by atoms with van der Waals surface area (Å²) in [5.74, 6) is 0.0540. The van der Waals surface area contributed by atoms with Gasteiger partial charge in [-0.1, -0.05) is 54.6 Å². The van der Waals surface area contributed by atoms with Crippen LogP contribution in [0.15, 0.2) is 54.6 Å². The SMILES string of the molecule is CN(C)C(=O)N1CCC(C(=O)N2CCC[C@H](C(=O)c3ccc(-c4ccccc4)cc3)C2)CC1. The van der Waals surface area contributed by atoms with E-state index < -0.39 is 0 Å². The number of hydrogen-bond acceptors (Lipinski definition) is 3. The van der Waals surface area contributed by atoms with E-state index in [1.807, 2.05) is 52.3 Å². The molecule has 4 rings (SSSR count). The number of amides is 3. The average molecular weight is 448 g/mol. The predicted molar refractivity (Wildman–Crippen MR) is 129 cm³/mol. The maximum absolute atomic E-state index is 13.2. The van der Waals surface area contributed by atoms with Gasteiger partial charge in [0.25, 0.3) is 0 Å². The summed E-state index contributed by atoms with van der Waals surface area (Å²) in [6.45, 7) is 2.43. The molecule has 0 aromatic heterocycles. The highest BCUT2D eigenvalue weighted by Crippen LogP contribution is 2.27. The number of carbonyl (C=O) groups excluding carboxylic acids is 3. The van der Waals surface area contributed by atoms with Crippen molar-refractivity contribution in [1.82, 2.24) is 14.7 Å². The second kappa shape index (κ2) is 10.2. The molecule has 2 aliphatic heterocycles. The number of rotatable bonds is 4. The van der Waals surface area contributed by atoms with E-state index in [0.717, 1.165) is 24.0 Å². The maximum atomic E-state index is 13.2. The highest BCUT2D eigenvalue weighted by Gasteiger charge is 2.34. The van der Waals surface area contributed by atoms with Gasteiger partial charge in [-0.15, -0.1) is 0 Å². The molecule has 0 aliphatic carbocycles. The minimum atomic E-state index is -0.152. The van der Waals surface area contributed by atoms with Gasteiger partial charge >= 0.3 is 6.03 Å². The lowest BCUT2D eigenvalue weighted by Gasteiger charge is -2.38. The van der Waals surface area contributed by atoms with E-state index in [2.05, 4.69) is 12.1 Å². The summed E-state index contributed by atoms with van der Waals surface area (Å²) < 4.78 is 0. The highest BCUT2D eigenvalue weighted by molar-refractivity contribution is 5.98. The van der Waals surface area contributed by atoms with Gasteiger partial charge in [-0.05, 0) is 36.8 Å². The first-order valence-electron chi connectivity index (χ1n) is 11.9. The molecular weight excluding hydrogens is 414 g/mol. The molecule has 0 unspecified atom stereocenters. The molecule has 3 amide bonds. The Balaban J connectivity index is 1.35. The zero-order valence-electron chi connectivity index (χ0n) is 19.6. The molecule has 33 heavy (non-hydrogen) atoms. The van der Waals surface area contributed by atoms with E-state index >= 15 is 0 Å². The summed E-state index contributed by atoms with van der Waals surface area (Å²) in [6, 6.07) is 17.9. The van der Waals surface area contributed by atoms with Crippen molar-refractivity contribution in [3.05, 3.63) is 60.2 Å². The normalized spacial score (nSPS) is 19.3. The zero-order chi connectivity index (χ0) is 23.4. The molecule has 0 N–H and O–H groups in total. The molecule has 174 valence electrons. The van der Waals surface area contributed by atoms with Crippen molar-refractivity contribution in [2.75, 3.05) is 40.3 Å². The standard InChI is InChI=1S/C27H33N3O3/c1-28(2)27(33)29-17-14-23(15-18-29)26(32)30-16-6-9-24(19-30)25(31)22-12-10-21(11-13-22)20-7-4-3-5-8-20/h3-5,7-8,10-13,23-24H,6,9,14-19H2,1-2H3/t24-/m0/s1. The van der Waals surface area contributed by atoms with E-state index in [-0.39, 0.29) is 29.6 Å². The van der Waals surface area contributed by atoms with Gasteiger partial charge in [-0.25, -0.2) is 4.79 Å². The van der Waals surface area contributed by atoms with Crippen molar-refractivity contribution in [1.29, 1.82) is 0 Å². The van der Waals surface area contributed by atoms with Crippen LogP contribution in [0.4, 0.5) is 4.79 Å². The molecule has 2 saturated heterocycles. The lowest BCUT2D eigenvalue weighted by molar-refractivity contribution is -0.138. The third-order valence-electron chi connectivity index (χ3n) is 6.88. The van der Waals surface area contributed by atoms with Crippen molar-refractivity contribution < 1.29 is 14.4 Å². The van der Waals surface area contributed by atoms with Gasteiger partial charge in [-0.2, -0.15) is 0 Å². The Kier molecular flexibility index (Phi) is 7.11. The first-order valence-corrected chi connectivity index (χ1v) is 11.9. The fourth-order valence-corrected chi connectivity index (χ4v) is 4.94. The van der Waals surface area contributed by atoms with Crippen LogP contribution in [0.25, 0.3) is 11.1 Å². The Morgan fingerprint density at radius 1 is 0.758 bits per heavy atom. The van der Waals surface area contributed by atoms with Crippen molar-refractivity contribution in [3.8, 4) is 11.1 Å². The number of ketones is 1. The van der Waals surface area contributed by atoms with Crippen LogP contribution in [0, 0.1) is 11.8 Å². The molecule has 2 aromatic rings. The number of carbonyl (C=O) groups is 3. The molecule has 1 atom stereocenters. The van der Waals surface area contributed by atoms with E-state index in [9.17, 15) is 14.4 Å². The van der Waals surface area contributed by atoms with Gasteiger partial charge in [0.2, 0.25) is 5.91 Å². The van der Waals surface area contributed by atoms with Crippen molar-refractivity contribution in [2.45, 2.75) is 25.7 Å². The quantitative estimate of drug-likeness (QED) is 0.661. The van der Waals surface area contributed by atoms with Crippen LogP contribution in [0.3, 0.4) is 0 Å². The van der Waals surface area contributed by atoms with Gasteiger partial charge in [0.1, 0.15) is 0 Å². The van der Waals surface area contributed by atoms with Crippen LogP contribution in [0.1, 0.15) is 36.0 Å². The fourth-order valence-electron chi connectivity index (χ4n) is 4.94. The van der Waals surface area contributed by atoms with Gasteiger partial charge < -0.3 is 14.7 Å². The molecule has 0 saturated carbocycles. The molecule has 2 aliphatic rings. The molecule has 0 spiro atoms. The summed E-state index contributed by atoms with van der Waals surface area (Å²) in [5, 5.41) is 0. The van der Waals surface area contributed by atoms with Gasteiger partial charge in [-0.3, -0.25) is 9.59 Å². The zero-order valence-corrected chi connectivity index (χ0v) is 19.6. The van der Waals surface area contributed by atoms with Crippen LogP contribution in [-0.4, -0.2) is 72.7 Å². The third kappa shape index (κ3) is 5.27. The highest BCUT2D eigenvalue weighted by atomic mass is 16.2. The molecule has 2 heterocycles. The first-order chi connectivity index (χ1) is 15.9. The number of urea groups is 1. The lowest BCUT2D eigenvalue weighted by atomic mass is 9.88. The summed E-state index contributed by atoms with van der Waals surface area (Å²) in [7, 11) is 3.50. The number of benzene rings is 2. The van der Waals surface area contributed by atoms with Gasteiger partial charge in [0, 0.05) is 57.7 Å². The second-order valence-electron chi connectivity index (χ2n) is 9.37. The summed E-state index contributed by atoms with van der Waals surface area (Å²) >= 11 is 0. The summed E-state index contributed by atoms with van der Waals surface area (Å²) in [6.07, 6.45) is 3.05. The Morgan fingerprint density at radius 2 is 1.39 bits per heavy atom. The lowest BCUT2D eigenvalue weighted by Crippen LogP contribution is -2.49. The molecule has 0 bridgehead atoms. The number of piperidine rings is 2. The van der Waals surface area contributed by atoms with Crippen molar-refractivity contribution >= 4 is 17.7 Å². The Hall–Kier alpha value is -3.15. The first kappa shape index (κ1) is 23.0. The smallest absolute Gasteiger partial charge is 0.319 e. The van der Waals surface area contributed by atoms with Gasteiger partial charge in [0.15, 0.2) is 5.78 Å². The Bertz CT molecular complexity index is 979. The van der Waals surface area contributed by atoms with Crippen LogP contribution in [-0.2, 0) is 4.79 Å². The average Bonchev–Trinajstić information content (AvgIpc) is 2.88. The van der Waals surface area contributed by atoms with Crippen LogP contribution >= 0.6 is 0 Å². The van der Waals surface area contributed by atoms with Crippen molar-refractivity contribution in [3.63, 3.8) is 0 Å². The minimum Gasteiger partial charge on any atom is -0.342 e. The second-order valence-corrected chi connectivity index (χ2v) is 9.37. The van der Waals surface area contributed by atoms with E-state index in [1.165, 1.54) is 0 Å². The minimum absolute atomic E-state index is 0.00261. The van der Waals surface area contributed by atoms with Crippen LogP contribution in [0.5, 0.6) is 0 Å².